The van der Waals surface area contributed by atoms with Gasteiger partial charge in [0.15, 0.2) is 0 Å². The van der Waals surface area contributed by atoms with Crippen LogP contribution in [0.5, 0.6) is 0 Å². The van der Waals surface area contributed by atoms with Crippen LogP contribution in [-0.2, 0) is 0 Å². The van der Waals surface area contributed by atoms with E-state index in [4.69, 9.17) is 5.11 Å². The van der Waals surface area contributed by atoms with E-state index in [1.165, 1.54) is 44.0 Å². The van der Waals surface area contributed by atoms with Crippen molar-refractivity contribution in [3.05, 3.63) is 24.0 Å². The molecule has 116 valence electrons. The summed E-state index contributed by atoms with van der Waals surface area (Å²) < 4.78 is 0. The highest BCUT2D eigenvalue weighted by Crippen LogP contribution is 2.06. The number of aromatic nitrogens is 1. The molecule has 0 aliphatic carbocycles. The molecule has 0 spiro atoms. The van der Waals surface area contributed by atoms with Crippen LogP contribution in [0, 0.1) is 0 Å². The van der Waals surface area contributed by atoms with Gasteiger partial charge in [-0.1, -0.05) is 39.0 Å². The third-order valence-electron chi connectivity index (χ3n) is 3.06. The monoisotopic (exact) mass is 293 g/mol. The fraction of sp³-hybridized carbons (Fsp3) is 0.533. The summed E-state index contributed by atoms with van der Waals surface area (Å²) in [5.41, 5.74) is 0.425. The third-order valence-corrected chi connectivity index (χ3v) is 3.06. The van der Waals surface area contributed by atoms with E-state index in [-0.39, 0.29) is 11.7 Å². The van der Waals surface area contributed by atoms with Crippen LogP contribution in [0.15, 0.2) is 18.3 Å². The van der Waals surface area contributed by atoms with Gasteiger partial charge in [0.1, 0.15) is 5.69 Å². The summed E-state index contributed by atoms with van der Waals surface area (Å²) in [7, 11) is 0. The maximum absolute atomic E-state index is 11.6. The van der Waals surface area contributed by atoms with E-state index in [0.717, 1.165) is 12.8 Å². The van der Waals surface area contributed by atoms with Gasteiger partial charge < -0.3 is 15.7 Å². The number of nitrogens with one attached hydrogen (secondary N) is 2. The average molecular weight is 293 g/mol. The number of rotatable bonds is 9. The highest BCUT2D eigenvalue weighted by Gasteiger charge is 2.05. The van der Waals surface area contributed by atoms with Crippen molar-refractivity contribution in [2.24, 2.45) is 0 Å². The second kappa shape index (κ2) is 9.74. The average Bonchev–Trinajstić information content (AvgIpc) is 2.47. The molecule has 0 bridgehead atoms. The van der Waals surface area contributed by atoms with E-state index >= 15 is 0 Å². The fourth-order valence-electron chi connectivity index (χ4n) is 1.88. The second-order valence-corrected chi connectivity index (χ2v) is 4.89. The molecular formula is C15H23N3O3. The fourth-order valence-corrected chi connectivity index (χ4v) is 1.88. The highest BCUT2D eigenvalue weighted by molar-refractivity contribution is 5.90. The summed E-state index contributed by atoms with van der Waals surface area (Å²) in [5.74, 6) is -1.09. The van der Waals surface area contributed by atoms with Crippen molar-refractivity contribution >= 4 is 17.7 Å². The lowest BCUT2D eigenvalue weighted by atomic mass is 10.1. The number of pyridine rings is 1. The Kier molecular flexibility index (Phi) is 7.86. The Hall–Kier alpha value is -2.11. The Morgan fingerprint density at radius 1 is 1.14 bits per heavy atom. The zero-order chi connectivity index (χ0) is 15.5. The molecule has 3 N–H and O–H groups in total. The summed E-state index contributed by atoms with van der Waals surface area (Å²) in [6.45, 7) is 2.82. The van der Waals surface area contributed by atoms with Gasteiger partial charge >= 0.3 is 12.0 Å². The third kappa shape index (κ3) is 7.29. The van der Waals surface area contributed by atoms with E-state index in [0.29, 0.717) is 12.2 Å². The quantitative estimate of drug-likeness (QED) is 0.609. The number of urea groups is 1. The summed E-state index contributed by atoms with van der Waals surface area (Å²) in [6, 6.07) is 2.57. The van der Waals surface area contributed by atoms with E-state index in [1.807, 2.05) is 0 Å². The lowest BCUT2D eigenvalue weighted by Gasteiger charge is -2.07. The number of hydrogen-bond donors (Lipinski definition) is 3. The van der Waals surface area contributed by atoms with Crippen molar-refractivity contribution in [1.29, 1.82) is 0 Å². The molecule has 0 fully saturated rings. The number of anilines is 1. The van der Waals surface area contributed by atoms with Crippen LogP contribution in [0.25, 0.3) is 0 Å². The number of carboxylic acids is 1. The lowest BCUT2D eigenvalue weighted by molar-refractivity contribution is 0.0690. The minimum atomic E-state index is -1.09. The molecule has 1 aromatic rings. The molecule has 0 unspecified atom stereocenters. The van der Waals surface area contributed by atoms with E-state index in [9.17, 15) is 9.59 Å². The van der Waals surface area contributed by atoms with E-state index in [1.54, 1.807) is 0 Å². The highest BCUT2D eigenvalue weighted by atomic mass is 16.4. The number of hydrogen-bond acceptors (Lipinski definition) is 3. The molecule has 21 heavy (non-hydrogen) atoms. The Bertz CT molecular complexity index is 446. The van der Waals surface area contributed by atoms with Crippen LogP contribution in [0.1, 0.15) is 55.9 Å². The molecule has 0 saturated carbocycles. The molecule has 2 amide bonds. The molecule has 0 aliphatic rings. The molecule has 0 saturated heterocycles. The van der Waals surface area contributed by atoms with E-state index < -0.39 is 5.97 Å². The Morgan fingerprint density at radius 3 is 2.48 bits per heavy atom. The van der Waals surface area contributed by atoms with Gasteiger partial charge in [0.2, 0.25) is 0 Å². The number of carbonyl (C=O) groups is 2. The van der Waals surface area contributed by atoms with Gasteiger partial charge in [0.05, 0.1) is 11.9 Å². The maximum Gasteiger partial charge on any atom is 0.354 e. The van der Waals surface area contributed by atoms with Crippen molar-refractivity contribution in [1.82, 2.24) is 10.3 Å². The number of carbonyl (C=O) groups excluding carboxylic acids is 1. The SMILES string of the molecule is CCCCCCCCNC(=O)Nc1ccc(C(=O)O)nc1. The molecule has 1 rings (SSSR count). The number of nitrogens with zero attached hydrogens (tertiary/aromatic N) is 1. The first kappa shape index (κ1) is 16.9. The van der Waals surface area contributed by atoms with Gasteiger partial charge in [-0.2, -0.15) is 0 Å². The number of aromatic carboxylic acids is 1. The van der Waals surface area contributed by atoms with Crippen LogP contribution in [-0.4, -0.2) is 28.6 Å². The number of carboxylic acid groups (broad SMARTS) is 1. The van der Waals surface area contributed by atoms with Gasteiger partial charge in [-0.25, -0.2) is 14.6 Å². The topological polar surface area (TPSA) is 91.3 Å². The predicted molar refractivity (Wildman–Crippen MR) is 81.6 cm³/mol. The first-order valence-corrected chi connectivity index (χ1v) is 7.37. The van der Waals surface area contributed by atoms with Crippen molar-refractivity contribution in [2.75, 3.05) is 11.9 Å². The molecule has 0 aromatic carbocycles. The van der Waals surface area contributed by atoms with Gasteiger partial charge in [0.25, 0.3) is 0 Å². The van der Waals surface area contributed by atoms with Gasteiger partial charge in [-0.15, -0.1) is 0 Å². The van der Waals surface area contributed by atoms with Crippen molar-refractivity contribution in [3.63, 3.8) is 0 Å². The van der Waals surface area contributed by atoms with Crippen molar-refractivity contribution in [2.45, 2.75) is 45.4 Å². The maximum atomic E-state index is 11.6. The zero-order valence-electron chi connectivity index (χ0n) is 12.4. The molecule has 0 atom stereocenters. The van der Waals surface area contributed by atoms with Crippen LogP contribution in [0.3, 0.4) is 0 Å². The van der Waals surface area contributed by atoms with Gasteiger partial charge in [-0.3, -0.25) is 0 Å². The standard InChI is InChI=1S/C15H23N3O3/c1-2-3-4-5-6-7-10-16-15(21)18-12-8-9-13(14(19)20)17-11-12/h8-9,11H,2-7,10H2,1H3,(H,19,20)(H2,16,18,21). The summed E-state index contributed by atoms with van der Waals surface area (Å²) in [4.78, 5) is 26.0. The Morgan fingerprint density at radius 2 is 1.86 bits per heavy atom. The van der Waals surface area contributed by atoms with Gasteiger partial charge in [0, 0.05) is 6.54 Å². The molecule has 0 radical (unpaired) electrons. The smallest absolute Gasteiger partial charge is 0.354 e. The summed E-state index contributed by atoms with van der Waals surface area (Å²) in [5, 5.41) is 14.1. The summed E-state index contributed by atoms with van der Waals surface area (Å²) >= 11 is 0. The molecule has 6 nitrogen and oxygen atoms in total. The summed E-state index contributed by atoms with van der Waals surface area (Å²) in [6.07, 6.45) is 8.38. The van der Waals surface area contributed by atoms with Crippen LogP contribution in [0.4, 0.5) is 10.5 Å². The first-order valence-electron chi connectivity index (χ1n) is 7.37. The van der Waals surface area contributed by atoms with Crippen LogP contribution in [0.2, 0.25) is 0 Å². The minimum absolute atomic E-state index is 0.0481. The van der Waals surface area contributed by atoms with Crippen LogP contribution < -0.4 is 10.6 Å². The minimum Gasteiger partial charge on any atom is -0.477 e. The molecular weight excluding hydrogens is 270 g/mol. The molecule has 0 aliphatic heterocycles. The molecule has 1 heterocycles. The molecule has 6 heteroatoms. The van der Waals surface area contributed by atoms with Gasteiger partial charge in [-0.05, 0) is 18.6 Å². The Labute approximate surface area is 125 Å². The van der Waals surface area contributed by atoms with Crippen molar-refractivity contribution in [3.8, 4) is 0 Å². The number of amides is 2. The second-order valence-electron chi connectivity index (χ2n) is 4.89. The van der Waals surface area contributed by atoms with Crippen LogP contribution >= 0.6 is 0 Å². The van der Waals surface area contributed by atoms with Crippen molar-refractivity contribution < 1.29 is 14.7 Å². The lowest BCUT2D eigenvalue weighted by Crippen LogP contribution is -2.29. The predicted octanol–water partition coefficient (Wildman–Crippen LogP) is 3.26. The van der Waals surface area contributed by atoms with E-state index in [2.05, 4.69) is 22.5 Å². The zero-order valence-corrected chi connectivity index (χ0v) is 12.4. The molecule has 1 aromatic heterocycles. The first-order chi connectivity index (χ1) is 10.1. The Balaban J connectivity index is 2.17. The normalized spacial score (nSPS) is 10.1. The number of unbranched alkanes of at least 4 members (excludes halogenated alkanes) is 5. The largest absolute Gasteiger partial charge is 0.477 e.